The molecule has 0 spiro atoms. The Hall–Kier alpha value is -0.0400. The van der Waals surface area contributed by atoms with E-state index < -0.39 is 0 Å². The summed E-state index contributed by atoms with van der Waals surface area (Å²) in [6.45, 7) is 7.13. The molecule has 0 amide bonds. The normalized spacial score (nSPS) is 10.4. The maximum atomic E-state index is 5.24. The molecule has 11 heavy (non-hydrogen) atoms. The zero-order valence-corrected chi connectivity index (χ0v) is 7.94. The first-order valence-electron chi connectivity index (χ1n) is 4.85. The van der Waals surface area contributed by atoms with E-state index in [1.54, 1.807) is 0 Å². The lowest BCUT2D eigenvalue weighted by Gasteiger charge is -2.00. The summed E-state index contributed by atoms with van der Waals surface area (Å²) < 4.78 is 5.24. The summed E-state index contributed by atoms with van der Waals surface area (Å²) in [5.41, 5.74) is 0. The molecule has 0 fully saturated rings. The minimum Gasteiger partial charge on any atom is -0.376 e. The quantitative estimate of drug-likeness (QED) is 0.490. The van der Waals surface area contributed by atoms with E-state index in [4.69, 9.17) is 4.74 Å². The molecule has 0 aromatic rings. The lowest BCUT2D eigenvalue weighted by atomic mass is 10.2. The fourth-order valence-electron chi connectivity index (χ4n) is 0.990. The van der Waals surface area contributed by atoms with Gasteiger partial charge in [-0.3, -0.25) is 0 Å². The molecule has 0 bridgehead atoms. The third-order valence-corrected chi connectivity index (χ3v) is 1.65. The van der Waals surface area contributed by atoms with Crippen LogP contribution in [0.25, 0.3) is 0 Å². The summed E-state index contributed by atoms with van der Waals surface area (Å²) in [5, 5.41) is 0. The van der Waals surface area contributed by atoms with Crippen LogP contribution in [0.3, 0.4) is 0 Å². The van der Waals surface area contributed by atoms with Gasteiger partial charge in [-0.2, -0.15) is 0 Å². The molecule has 0 saturated carbocycles. The van der Waals surface area contributed by atoms with E-state index in [0.29, 0.717) is 0 Å². The highest BCUT2D eigenvalue weighted by molar-refractivity contribution is 4.46. The smallest absolute Gasteiger partial charge is 0.0833 e. The van der Waals surface area contributed by atoms with Crippen LogP contribution in [0.15, 0.2) is 0 Å². The fraction of sp³-hybridized carbons (Fsp3) is 0.900. The number of ether oxygens (including phenoxy) is 1. The summed E-state index contributed by atoms with van der Waals surface area (Å²) >= 11 is 0. The third-order valence-electron chi connectivity index (χ3n) is 1.65. The van der Waals surface area contributed by atoms with Crippen LogP contribution in [0.4, 0.5) is 0 Å². The second kappa shape index (κ2) is 9.96. The highest BCUT2D eigenvalue weighted by atomic mass is 16.5. The van der Waals surface area contributed by atoms with Crippen molar-refractivity contribution in [3.05, 3.63) is 6.61 Å². The van der Waals surface area contributed by atoms with Gasteiger partial charge in [0, 0.05) is 6.61 Å². The van der Waals surface area contributed by atoms with Crippen molar-refractivity contribution in [1.29, 1.82) is 0 Å². The number of hydrogen-bond donors (Lipinski definition) is 0. The van der Waals surface area contributed by atoms with Gasteiger partial charge in [-0.15, -0.1) is 0 Å². The van der Waals surface area contributed by atoms with Crippen LogP contribution >= 0.6 is 0 Å². The van der Waals surface area contributed by atoms with E-state index in [1.807, 2.05) is 6.61 Å². The molecule has 0 aromatic heterocycles. The molecular weight excluding hydrogens is 136 g/mol. The second-order valence-corrected chi connectivity index (χ2v) is 2.86. The highest BCUT2D eigenvalue weighted by Gasteiger charge is 1.88. The topological polar surface area (TPSA) is 9.23 Å². The van der Waals surface area contributed by atoms with E-state index in [2.05, 4.69) is 13.8 Å². The van der Waals surface area contributed by atoms with Crippen LogP contribution in [0.1, 0.15) is 52.4 Å². The molecule has 0 aromatic carbocycles. The van der Waals surface area contributed by atoms with Crippen molar-refractivity contribution in [2.45, 2.75) is 52.4 Å². The van der Waals surface area contributed by atoms with Gasteiger partial charge in [0.2, 0.25) is 0 Å². The van der Waals surface area contributed by atoms with E-state index >= 15 is 0 Å². The van der Waals surface area contributed by atoms with Crippen LogP contribution in [-0.4, -0.2) is 6.61 Å². The summed E-state index contributed by atoms with van der Waals surface area (Å²) in [6, 6.07) is 0. The van der Waals surface area contributed by atoms with Gasteiger partial charge in [-0.25, -0.2) is 0 Å². The van der Waals surface area contributed by atoms with Gasteiger partial charge in [0.1, 0.15) is 0 Å². The van der Waals surface area contributed by atoms with Gasteiger partial charge in [-0.05, 0) is 12.8 Å². The highest BCUT2D eigenvalue weighted by Crippen LogP contribution is 2.02. The van der Waals surface area contributed by atoms with E-state index in [9.17, 15) is 0 Å². The van der Waals surface area contributed by atoms with Crippen molar-refractivity contribution in [2.24, 2.45) is 0 Å². The van der Waals surface area contributed by atoms with Crippen LogP contribution < -0.4 is 0 Å². The molecule has 1 nitrogen and oxygen atoms in total. The maximum Gasteiger partial charge on any atom is 0.0833 e. The summed E-state index contributed by atoms with van der Waals surface area (Å²) in [5.74, 6) is 0. The van der Waals surface area contributed by atoms with Crippen molar-refractivity contribution in [3.8, 4) is 0 Å². The zero-order chi connectivity index (χ0) is 8.36. The van der Waals surface area contributed by atoms with Crippen LogP contribution in [0, 0.1) is 6.61 Å². The Kier molecular flexibility index (Phi) is 9.92. The molecule has 0 heterocycles. The van der Waals surface area contributed by atoms with Gasteiger partial charge in [0.05, 0.1) is 6.61 Å². The van der Waals surface area contributed by atoms with Crippen molar-refractivity contribution in [1.82, 2.24) is 0 Å². The molecule has 0 N–H and O–H groups in total. The molecule has 0 aliphatic rings. The minimum atomic E-state index is 0.914. The number of unbranched alkanes of at least 4 members (excludes halogenated alkanes) is 4. The SMILES string of the molecule is CC[CH]OCCCCCCC. The molecule has 67 valence electrons. The first-order valence-corrected chi connectivity index (χ1v) is 4.85. The first-order chi connectivity index (χ1) is 5.41. The molecule has 0 rings (SSSR count). The van der Waals surface area contributed by atoms with Crippen molar-refractivity contribution in [3.63, 3.8) is 0 Å². The fourth-order valence-corrected chi connectivity index (χ4v) is 0.990. The van der Waals surface area contributed by atoms with Gasteiger partial charge < -0.3 is 4.74 Å². The van der Waals surface area contributed by atoms with Crippen LogP contribution in [0.2, 0.25) is 0 Å². The molecule has 0 atom stereocenters. The second-order valence-electron chi connectivity index (χ2n) is 2.86. The van der Waals surface area contributed by atoms with Crippen molar-refractivity contribution < 1.29 is 4.74 Å². The largest absolute Gasteiger partial charge is 0.376 e. The summed E-state index contributed by atoms with van der Waals surface area (Å²) in [6.07, 6.45) is 7.63. The average molecular weight is 157 g/mol. The van der Waals surface area contributed by atoms with E-state index in [0.717, 1.165) is 13.0 Å². The molecule has 1 radical (unpaired) electrons. The van der Waals surface area contributed by atoms with Crippen molar-refractivity contribution in [2.75, 3.05) is 6.61 Å². The molecule has 1 heteroatoms. The summed E-state index contributed by atoms with van der Waals surface area (Å²) in [7, 11) is 0. The van der Waals surface area contributed by atoms with Gasteiger partial charge in [-0.1, -0.05) is 39.5 Å². The Morgan fingerprint density at radius 2 is 1.73 bits per heavy atom. The maximum absolute atomic E-state index is 5.24. The molecule has 0 saturated heterocycles. The predicted octanol–water partition coefficient (Wildman–Crippen LogP) is 3.55. The monoisotopic (exact) mass is 157 g/mol. The predicted molar refractivity (Wildman–Crippen MR) is 49.3 cm³/mol. The summed E-state index contributed by atoms with van der Waals surface area (Å²) in [4.78, 5) is 0. The van der Waals surface area contributed by atoms with Gasteiger partial charge >= 0.3 is 0 Å². The molecule has 0 aliphatic carbocycles. The first kappa shape index (κ1) is 11.0. The van der Waals surface area contributed by atoms with Crippen LogP contribution in [0.5, 0.6) is 0 Å². The molecular formula is C10H21O. The zero-order valence-electron chi connectivity index (χ0n) is 7.94. The Labute approximate surface area is 71.1 Å². The van der Waals surface area contributed by atoms with E-state index in [1.165, 1.54) is 32.1 Å². The standard InChI is InChI=1S/C10H21O/c1-3-5-6-7-8-10-11-9-4-2/h9H,3-8,10H2,1-2H3. The van der Waals surface area contributed by atoms with Gasteiger partial charge in [0.15, 0.2) is 0 Å². The Morgan fingerprint density at radius 1 is 1.00 bits per heavy atom. The molecule has 0 aliphatic heterocycles. The lowest BCUT2D eigenvalue weighted by molar-refractivity contribution is 0.188. The Morgan fingerprint density at radius 3 is 2.36 bits per heavy atom. The number of rotatable bonds is 8. The van der Waals surface area contributed by atoms with Crippen molar-refractivity contribution >= 4 is 0 Å². The Bertz CT molecular complexity index is 53.9. The lowest BCUT2D eigenvalue weighted by Crippen LogP contribution is -1.90. The van der Waals surface area contributed by atoms with Crippen LogP contribution in [-0.2, 0) is 4.74 Å². The Balaban J connectivity index is 2.69. The van der Waals surface area contributed by atoms with E-state index in [-0.39, 0.29) is 0 Å². The minimum absolute atomic E-state index is 0.914. The third kappa shape index (κ3) is 9.96. The average Bonchev–Trinajstić information content (AvgIpc) is 2.03. The van der Waals surface area contributed by atoms with Gasteiger partial charge in [0.25, 0.3) is 0 Å². The molecule has 0 unspecified atom stereocenters. The number of hydrogen-bond acceptors (Lipinski definition) is 1.